The summed E-state index contributed by atoms with van der Waals surface area (Å²) in [7, 11) is 0. The highest BCUT2D eigenvalue weighted by Gasteiger charge is 2.09. The van der Waals surface area contributed by atoms with E-state index < -0.39 is 0 Å². The summed E-state index contributed by atoms with van der Waals surface area (Å²) >= 11 is 4.69. The van der Waals surface area contributed by atoms with Crippen molar-refractivity contribution in [2.75, 3.05) is 0 Å². The van der Waals surface area contributed by atoms with Crippen LogP contribution in [0.25, 0.3) is 0 Å². The number of benzene rings is 1. The Balaban J connectivity index is 2.17. The number of hydrogen-bond acceptors (Lipinski definition) is 5. The maximum Gasteiger partial charge on any atom is 0.280 e. The monoisotopic (exact) mass is 300 g/mol. The molecule has 3 N–H and O–H groups in total. The van der Waals surface area contributed by atoms with Gasteiger partial charge in [-0.15, -0.1) is 0 Å². The largest absolute Gasteiger partial charge is 0.508 e. The van der Waals surface area contributed by atoms with Gasteiger partial charge in [0, 0.05) is 6.54 Å². The number of aromatic hydroxyl groups is 1. The minimum atomic E-state index is 0.204. The first-order valence-electron chi connectivity index (χ1n) is 4.51. The van der Waals surface area contributed by atoms with Crippen LogP contribution in [0.5, 0.6) is 16.7 Å². The van der Waals surface area contributed by atoms with E-state index in [9.17, 15) is 0 Å². The summed E-state index contributed by atoms with van der Waals surface area (Å²) in [6.45, 7) is 0.428. The lowest BCUT2D eigenvalue weighted by molar-refractivity contribution is 0.462. The quantitative estimate of drug-likeness (QED) is 0.914. The van der Waals surface area contributed by atoms with Crippen LogP contribution >= 0.6 is 27.3 Å². The van der Waals surface area contributed by atoms with Crippen LogP contribution in [-0.4, -0.2) is 10.1 Å². The molecule has 0 aliphatic carbocycles. The summed E-state index contributed by atoms with van der Waals surface area (Å²) < 4.78 is 6.22. The molecule has 0 spiro atoms. The van der Waals surface area contributed by atoms with Gasteiger partial charge in [0.05, 0.1) is 4.88 Å². The van der Waals surface area contributed by atoms with E-state index >= 15 is 0 Å². The summed E-state index contributed by atoms with van der Waals surface area (Å²) in [5, 5.41) is 9.64. The van der Waals surface area contributed by atoms with Crippen molar-refractivity contribution in [2.24, 2.45) is 5.73 Å². The molecule has 0 saturated carbocycles. The van der Waals surface area contributed by atoms with Gasteiger partial charge in [-0.25, -0.2) is 0 Å². The van der Waals surface area contributed by atoms with Crippen molar-refractivity contribution in [2.45, 2.75) is 6.54 Å². The van der Waals surface area contributed by atoms with Crippen LogP contribution in [0.4, 0.5) is 0 Å². The molecule has 0 atom stereocenters. The molecule has 2 aromatic rings. The van der Waals surface area contributed by atoms with E-state index in [-0.39, 0.29) is 5.75 Å². The molecule has 0 saturated heterocycles. The van der Waals surface area contributed by atoms with Gasteiger partial charge in [-0.1, -0.05) is 11.3 Å². The minimum absolute atomic E-state index is 0.204. The van der Waals surface area contributed by atoms with Crippen LogP contribution in [0.1, 0.15) is 4.88 Å². The van der Waals surface area contributed by atoms with Crippen LogP contribution in [0.3, 0.4) is 0 Å². The Morgan fingerprint density at radius 1 is 1.38 bits per heavy atom. The number of phenolic OH excluding ortho intramolecular Hbond substituents is 1. The van der Waals surface area contributed by atoms with Gasteiger partial charge in [-0.3, -0.25) is 0 Å². The molecule has 0 unspecified atom stereocenters. The van der Waals surface area contributed by atoms with E-state index in [0.717, 1.165) is 4.88 Å². The molecule has 0 amide bonds. The lowest BCUT2D eigenvalue weighted by Gasteiger charge is -2.00. The molecule has 16 heavy (non-hydrogen) atoms. The predicted octanol–water partition coefficient (Wildman–Crippen LogP) is 2.86. The van der Waals surface area contributed by atoms with Gasteiger partial charge in [0.15, 0.2) is 0 Å². The van der Waals surface area contributed by atoms with Gasteiger partial charge in [0.25, 0.3) is 5.19 Å². The number of phenols is 1. The Morgan fingerprint density at radius 3 is 2.62 bits per heavy atom. The van der Waals surface area contributed by atoms with Crippen molar-refractivity contribution < 1.29 is 9.84 Å². The number of ether oxygens (including phenoxy) is 1. The highest BCUT2D eigenvalue weighted by atomic mass is 79.9. The molecule has 0 aliphatic heterocycles. The topological polar surface area (TPSA) is 68.4 Å². The Labute approximate surface area is 105 Å². The molecule has 84 valence electrons. The first-order chi connectivity index (χ1) is 7.69. The van der Waals surface area contributed by atoms with E-state index in [1.54, 1.807) is 24.3 Å². The molecule has 0 bridgehead atoms. The lowest BCUT2D eigenvalue weighted by atomic mass is 10.3. The number of nitrogens with zero attached hydrogens (tertiary/aromatic N) is 1. The van der Waals surface area contributed by atoms with Crippen LogP contribution in [-0.2, 0) is 6.54 Å². The molecule has 0 fully saturated rings. The fourth-order valence-electron chi connectivity index (χ4n) is 1.10. The van der Waals surface area contributed by atoms with E-state index in [4.69, 9.17) is 15.6 Å². The second kappa shape index (κ2) is 4.82. The van der Waals surface area contributed by atoms with Crippen LogP contribution in [0, 0.1) is 0 Å². The van der Waals surface area contributed by atoms with E-state index in [0.29, 0.717) is 22.1 Å². The molecule has 1 aromatic heterocycles. The third-order valence-corrected chi connectivity index (χ3v) is 3.73. The van der Waals surface area contributed by atoms with Crippen LogP contribution in [0.15, 0.2) is 28.9 Å². The number of aromatic nitrogens is 1. The first kappa shape index (κ1) is 11.4. The van der Waals surface area contributed by atoms with Gasteiger partial charge in [0.1, 0.15) is 16.1 Å². The Hall–Kier alpha value is -1.11. The molecule has 2 rings (SSSR count). The van der Waals surface area contributed by atoms with Crippen LogP contribution < -0.4 is 10.5 Å². The Morgan fingerprint density at radius 2 is 2.06 bits per heavy atom. The molecule has 1 heterocycles. The number of rotatable bonds is 3. The van der Waals surface area contributed by atoms with Crippen molar-refractivity contribution in [3.8, 4) is 16.7 Å². The van der Waals surface area contributed by atoms with Crippen molar-refractivity contribution in [1.29, 1.82) is 0 Å². The Bertz CT molecular complexity index is 484. The molecule has 4 nitrogen and oxygen atoms in total. The number of nitrogens with two attached hydrogens (primary N) is 1. The van der Waals surface area contributed by atoms with Gasteiger partial charge >= 0.3 is 0 Å². The van der Waals surface area contributed by atoms with Crippen molar-refractivity contribution >= 4 is 27.3 Å². The maximum atomic E-state index is 9.12. The summed E-state index contributed by atoms with van der Waals surface area (Å²) in [6.07, 6.45) is 0. The number of hydrogen-bond donors (Lipinski definition) is 2. The zero-order chi connectivity index (χ0) is 11.5. The van der Waals surface area contributed by atoms with Crippen molar-refractivity contribution in [3.05, 3.63) is 33.7 Å². The third-order valence-electron chi connectivity index (χ3n) is 1.86. The number of thiazole rings is 1. The SMILES string of the molecule is NCc1sc(Oc2ccc(O)cc2)nc1Br. The average molecular weight is 301 g/mol. The van der Waals surface area contributed by atoms with Crippen molar-refractivity contribution in [3.63, 3.8) is 0 Å². The average Bonchev–Trinajstić information content (AvgIpc) is 2.62. The van der Waals surface area contributed by atoms with Crippen LogP contribution in [0.2, 0.25) is 0 Å². The fraction of sp³-hybridized carbons (Fsp3) is 0.100. The molecule has 6 heteroatoms. The lowest BCUT2D eigenvalue weighted by Crippen LogP contribution is -1.92. The van der Waals surface area contributed by atoms with E-state index in [2.05, 4.69) is 20.9 Å². The second-order valence-corrected chi connectivity index (χ2v) is 4.79. The molecular weight excluding hydrogens is 292 g/mol. The molecule has 0 aliphatic rings. The summed E-state index contributed by atoms with van der Waals surface area (Å²) in [5.41, 5.74) is 5.53. The summed E-state index contributed by atoms with van der Waals surface area (Å²) in [5.74, 6) is 0.831. The smallest absolute Gasteiger partial charge is 0.280 e. The van der Waals surface area contributed by atoms with Gasteiger partial charge in [-0.05, 0) is 40.2 Å². The summed E-state index contributed by atoms with van der Waals surface area (Å²) in [6, 6.07) is 6.46. The van der Waals surface area contributed by atoms with E-state index in [1.165, 1.54) is 11.3 Å². The molecule has 1 aromatic carbocycles. The number of halogens is 1. The standard InChI is InChI=1S/C10H9BrN2O2S/c11-9-8(5-12)16-10(13-9)15-7-3-1-6(14)2-4-7/h1-4,14H,5,12H2. The third kappa shape index (κ3) is 2.52. The van der Waals surface area contributed by atoms with Gasteiger partial charge < -0.3 is 15.6 Å². The highest BCUT2D eigenvalue weighted by Crippen LogP contribution is 2.32. The van der Waals surface area contributed by atoms with Crippen molar-refractivity contribution in [1.82, 2.24) is 4.98 Å². The van der Waals surface area contributed by atoms with Gasteiger partial charge in [0.2, 0.25) is 0 Å². The summed E-state index contributed by atoms with van der Waals surface area (Å²) in [4.78, 5) is 5.11. The zero-order valence-electron chi connectivity index (χ0n) is 8.18. The van der Waals surface area contributed by atoms with Gasteiger partial charge in [-0.2, -0.15) is 4.98 Å². The molecular formula is C10H9BrN2O2S. The fourth-order valence-corrected chi connectivity index (χ4v) is 2.48. The minimum Gasteiger partial charge on any atom is -0.508 e. The van der Waals surface area contributed by atoms with E-state index in [1.807, 2.05) is 0 Å². The normalized spacial score (nSPS) is 10.4. The first-order valence-corrected chi connectivity index (χ1v) is 6.12. The predicted molar refractivity (Wildman–Crippen MR) is 65.9 cm³/mol. The highest BCUT2D eigenvalue weighted by molar-refractivity contribution is 9.10. The maximum absolute atomic E-state index is 9.12. The molecule has 0 radical (unpaired) electrons. The Kier molecular flexibility index (Phi) is 3.42. The second-order valence-electron chi connectivity index (χ2n) is 2.99. The zero-order valence-corrected chi connectivity index (χ0v) is 10.6.